The van der Waals surface area contributed by atoms with Gasteiger partial charge in [-0.3, -0.25) is 20.2 Å². The van der Waals surface area contributed by atoms with Crippen LogP contribution in [0.1, 0.15) is 18.9 Å². The third-order valence-electron chi connectivity index (χ3n) is 3.73. The molecule has 0 saturated heterocycles. The Labute approximate surface area is 179 Å². The van der Waals surface area contributed by atoms with Gasteiger partial charge in [-0.2, -0.15) is 0 Å². The van der Waals surface area contributed by atoms with Crippen LogP contribution >= 0.6 is 12.2 Å². The first-order chi connectivity index (χ1) is 14.2. The number of amides is 1. The van der Waals surface area contributed by atoms with Crippen LogP contribution in [0, 0.1) is 10.1 Å². The number of carbonyl (C=O) groups excluding carboxylic acids is 1. The summed E-state index contributed by atoms with van der Waals surface area (Å²) in [7, 11) is -3.55. The number of hydrogen-bond acceptors (Lipinski definition) is 6. The van der Waals surface area contributed by atoms with Gasteiger partial charge in [-0.05, 0) is 66.7 Å². The number of hydrogen-bond donors (Lipinski definition) is 3. The Bertz CT molecular complexity index is 1050. The predicted octanol–water partition coefficient (Wildman–Crippen LogP) is 2.81. The number of nitrogens with one attached hydrogen (secondary N) is 3. The third-order valence-corrected chi connectivity index (χ3v) is 5.41. The number of rotatable bonds is 8. The number of sulfonamides is 1. The molecule has 0 radical (unpaired) electrons. The van der Waals surface area contributed by atoms with Gasteiger partial charge in [0, 0.05) is 30.4 Å². The van der Waals surface area contributed by atoms with Crippen molar-refractivity contribution in [2.45, 2.75) is 18.2 Å². The first-order valence-electron chi connectivity index (χ1n) is 8.85. The molecule has 2 rings (SSSR count). The Kier molecular flexibility index (Phi) is 8.16. The smallest absolute Gasteiger partial charge is 0.269 e. The van der Waals surface area contributed by atoms with Gasteiger partial charge in [-0.15, -0.1) is 0 Å². The first-order valence-corrected chi connectivity index (χ1v) is 10.7. The molecule has 0 aliphatic carbocycles. The van der Waals surface area contributed by atoms with E-state index in [1.165, 1.54) is 60.7 Å². The maximum absolute atomic E-state index is 12.1. The number of thiocarbonyl (C=S) groups is 1. The van der Waals surface area contributed by atoms with Crippen LogP contribution < -0.4 is 15.4 Å². The van der Waals surface area contributed by atoms with E-state index in [1.54, 1.807) is 0 Å². The lowest BCUT2D eigenvalue weighted by Gasteiger charge is -2.10. The van der Waals surface area contributed by atoms with E-state index in [0.717, 1.165) is 0 Å². The Balaban J connectivity index is 1.90. The van der Waals surface area contributed by atoms with Crippen molar-refractivity contribution in [3.63, 3.8) is 0 Å². The van der Waals surface area contributed by atoms with E-state index in [1.807, 2.05) is 6.92 Å². The monoisotopic (exact) mass is 448 g/mol. The quantitative estimate of drug-likeness (QED) is 0.245. The van der Waals surface area contributed by atoms with Crippen LogP contribution in [0.4, 0.5) is 11.4 Å². The average molecular weight is 449 g/mol. The Morgan fingerprint density at radius 3 is 2.33 bits per heavy atom. The number of anilines is 1. The van der Waals surface area contributed by atoms with Crippen LogP contribution in [0.25, 0.3) is 6.08 Å². The molecule has 0 aliphatic rings. The largest absolute Gasteiger partial charge is 0.332 e. The van der Waals surface area contributed by atoms with Crippen LogP contribution in [0.5, 0.6) is 0 Å². The maximum Gasteiger partial charge on any atom is 0.269 e. The fourth-order valence-electron chi connectivity index (χ4n) is 2.23. The zero-order valence-corrected chi connectivity index (χ0v) is 17.6. The van der Waals surface area contributed by atoms with Gasteiger partial charge in [0.25, 0.3) is 5.69 Å². The van der Waals surface area contributed by atoms with Crippen molar-refractivity contribution in [3.8, 4) is 0 Å². The van der Waals surface area contributed by atoms with Crippen LogP contribution in [0.15, 0.2) is 59.5 Å². The SMILES string of the molecule is CCCNS(=O)(=O)c1ccc(NC(=S)NC(=O)/C=C/c2ccc([N+](=O)[O-])cc2)cc1. The number of benzene rings is 2. The normalized spacial score (nSPS) is 11.2. The summed E-state index contributed by atoms with van der Waals surface area (Å²) < 4.78 is 26.6. The lowest BCUT2D eigenvalue weighted by atomic mass is 10.2. The molecular formula is C19H20N4O5S2. The van der Waals surface area contributed by atoms with Gasteiger partial charge in [0.05, 0.1) is 9.82 Å². The van der Waals surface area contributed by atoms with Crippen molar-refractivity contribution in [3.05, 3.63) is 70.3 Å². The number of nitro groups is 1. The van der Waals surface area contributed by atoms with Crippen LogP contribution in [0.3, 0.4) is 0 Å². The van der Waals surface area contributed by atoms with Gasteiger partial charge >= 0.3 is 0 Å². The molecule has 2 aromatic carbocycles. The third kappa shape index (κ3) is 7.03. The summed E-state index contributed by atoms with van der Waals surface area (Å²) >= 11 is 5.07. The van der Waals surface area contributed by atoms with Gasteiger partial charge in [-0.25, -0.2) is 13.1 Å². The van der Waals surface area contributed by atoms with Crippen molar-refractivity contribution >= 4 is 50.7 Å². The van der Waals surface area contributed by atoms with Crippen LogP contribution in [-0.2, 0) is 14.8 Å². The second kappa shape index (κ2) is 10.6. The summed E-state index contributed by atoms with van der Waals surface area (Å²) in [4.78, 5) is 22.2. The Hall–Kier alpha value is -3.15. The number of carbonyl (C=O) groups is 1. The minimum atomic E-state index is -3.55. The minimum absolute atomic E-state index is 0.0352. The lowest BCUT2D eigenvalue weighted by molar-refractivity contribution is -0.384. The minimum Gasteiger partial charge on any atom is -0.332 e. The molecule has 158 valence electrons. The van der Waals surface area contributed by atoms with E-state index in [-0.39, 0.29) is 15.7 Å². The molecule has 30 heavy (non-hydrogen) atoms. The fraction of sp³-hybridized carbons (Fsp3) is 0.158. The van der Waals surface area contributed by atoms with Gasteiger partial charge in [0.15, 0.2) is 5.11 Å². The molecule has 0 heterocycles. The molecule has 0 fully saturated rings. The number of nitro benzene ring substituents is 1. The fourth-order valence-corrected chi connectivity index (χ4v) is 3.58. The number of nitrogens with zero attached hydrogens (tertiary/aromatic N) is 1. The Morgan fingerprint density at radius 1 is 1.13 bits per heavy atom. The molecular weight excluding hydrogens is 428 g/mol. The van der Waals surface area contributed by atoms with Crippen molar-refractivity contribution in [1.82, 2.24) is 10.0 Å². The molecule has 3 N–H and O–H groups in total. The van der Waals surface area contributed by atoms with Gasteiger partial charge < -0.3 is 5.32 Å². The van der Waals surface area contributed by atoms with E-state index < -0.39 is 20.9 Å². The highest BCUT2D eigenvalue weighted by atomic mass is 32.2. The standard InChI is InChI=1S/C19H20N4O5S2/c1-2-13-20-30(27,28)17-10-6-15(7-11-17)21-19(29)22-18(24)12-5-14-3-8-16(9-4-14)23(25)26/h3-12,20H,2,13H2,1H3,(H2,21,22,24,29)/b12-5+. The second-order valence-electron chi connectivity index (χ2n) is 6.05. The average Bonchev–Trinajstić information content (AvgIpc) is 2.71. The highest BCUT2D eigenvalue weighted by Gasteiger charge is 2.12. The first kappa shape index (κ1) is 23.1. The molecule has 0 unspecified atom stereocenters. The summed E-state index contributed by atoms with van der Waals surface area (Å²) in [5.74, 6) is -0.492. The maximum atomic E-state index is 12.1. The molecule has 0 bridgehead atoms. The molecule has 0 aromatic heterocycles. The summed E-state index contributed by atoms with van der Waals surface area (Å²) in [6.07, 6.45) is 3.42. The highest BCUT2D eigenvalue weighted by Crippen LogP contribution is 2.14. The topological polar surface area (TPSA) is 130 Å². The molecule has 2 aromatic rings. The van der Waals surface area contributed by atoms with Gasteiger partial charge in [0.1, 0.15) is 0 Å². The zero-order chi connectivity index (χ0) is 22.1. The molecule has 9 nitrogen and oxygen atoms in total. The van der Waals surface area contributed by atoms with Crippen molar-refractivity contribution in [1.29, 1.82) is 0 Å². The van der Waals surface area contributed by atoms with Crippen LogP contribution in [0.2, 0.25) is 0 Å². The van der Waals surface area contributed by atoms with E-state index in [9.17, 15) is 23.3 Å². The van der Waals surface area contributed by atoms with Crippen LogP contribution in [-0.4, -0.2) is 30.9 Å². The molecule has 11 heteroatoms. The van der Waals surface area contributed by atoms with E-state index in [0.29, 0.717) is 24.2 Å². The van der Waals surface area contributed by atoms with Gasteiger partial charge in [0.2, 0.25) is 15.9 Å². The van der Waals surface area contributed by atoms with Crippen molar-refractivity contribution in [2.75, 3.05) is 11.9 Å². The second-order valence-corrected chi connectivity index (χ2v) is 8.22. The summed E-state index contributed by atoms with van der Waals surface area (Å²) in [6.45, 7) is 2.22. The summed E-state index contributed by atoms with van der Waals surface area (Å²) in [5.41, 5.74) is 1.08. The van der Waals surface area contributed by atoms with Gasteiger partial charge in [-0.1, -0.05) is 6.92 Å². The van der Waals surface area contributed by atoms with Crippen molar-refractivity contribution in [2.24, 2.45) is 0 Å². The van der Waals surface area contributed by atoms with E-state index in [4.69, 9.17) is 12.2 Å². The number of non-ortho nitro benzene ring substituents is 1. The lowest BCUT2D eigenvalue weighted by Crippen LogP contribution is -2.32. The molecule has 0 atom stereocenters. The summed E-state index contributed by atoms with van der Waals surface area (Å²) in [5, 5.41) is 15.9. The van der Waals surface area contributed by atoms with E-state index >= 15 is 0 Å². The highest BCUT2D eigenvalue weighted by molar-refractivity contribution is 7.89. The summed E-state index contributed by atoms with van der Waals surface area (Å²) in [6, 6.07) is 11.6. The molecule has 0 saturated carbocycles. The van der Waals surface area contributed by atoms with E-state index in [2.05, 4.69) is 15.4 Å². The predicted molar refractivity (Wildman–Crippen MR) is 118 cm³/mol. The molecule has 1 amide bonds. The molecule has 0 spiro atoms. The molecule has 0 aliphatic heterocycles. The Morgan fingerprint density at radius 2 is 1.77 bits per heavy atom. The zero-order valence-electron chi connectivity index (χ0n) is 16.0. The van der Waals surface area contributed by atoms with Crippen molar-refractivity contribution < 1.29 is 18.1 Å².